The van der Waals surface area contributed by atoms with Gasteiger partial charge in [-0.05, 0) is 64.3 Å². The van der Waals surface area contributed by atoms with Crippen molar-refractivity contribution in [2.75, 3.05) is 13.1 Å². The van der Waals surface area contributed by atoms with Gasteiger partial charge in [0.1, 0.15) is 16.9 Å². The largest absolute Gasteiger partial charge is 0.444 e. The molecular formula is C27H32N4O2S. The van der Waals surface area contributed by atoms with Crippen molar-refractivity contribution in [3.63, 3.8) is 0 Å². The van der Waals surface area contributed by atoms with Crippen molar-refractivity contribution < 1.29 is 9.53 Å². The van der Waals surface area contributed by atoms with E-state index in [1.807, 2.05) is 31.7 Å². The van der Waals surface area contributed by atoms with Crippen LogP contribution in [0.2, 0.25) is 0 Å². The molecule has 1 saturated heterocycles. The van der Waals surface area contributed by atoms with E-state index in [4.69, 9.17) is 14.7 Å². The van der Waals surface area contributed by atoms with Gasteiger partial charge in [-0.1, -0.05) is 30.3 Å². The van der Waals surface area contributed by atoms with E-state index in [2.05, 4.69) is 47.2 Å². The van der Waals surface area contributed by atoms with Gasteiger partial charge in [-0.2, -0.15) is 0 Å². The number of thiophene rings is 1. The fourth-order valence-electron chi connectivity index (χ4n) is 4.80. The van der Waals surface area contributed by atoms with Crippen LogP contribution in [-0.4, -0.2) is 44.2 Å². The summed E-state index contributed by atoms with van der Waals surface area (Å²) in [5.74, 6) is 1.58. The van der Waals surface area contributed by atoms with E-state index in [-0.39, 0.29) is 6.09 Å². The summed E-state index contributed by atoms with van der Waals surface area (Å²) >= 11 is 1.74. The Labute approximate surface area is 204 Å². The van der Waals surface area contributed by atoms with Gasteiger partial charge in [0.15, 0.2) is 0 Å². The number of rotatable bonds is 4. The van der Waals surface area contributed by atoms with Gasteiger partial charge in [-0.3, -0.25) is 0 Å². The van der Waals surface area contributed by atoms with Gasteiger partial charge in [0.2, 0.25) is 0 Å². The van der Waals surface area contributed by atoms with E-state index in [9.17, 15) is 4.79 Å². The predicted molar refractivity (Wildman–Crippen MR) is 138 cm³/mol. The molecule has 1 aromatic carbocycles. The Balaban J connectivity index is 1.39. The molecule has 1 aliphatic rings. The number of pyridine rings is 1. The summed E-state index contributed by atoms with van der Waals surface area (Å²) in [7, 11) is 0. The Morgan fingerprint density at radius 3 is 2.56 bits per heavy atom. The second-order valence-corrected chi connectivity index (χ2v) is 11.1. The highest BCUT2D eigenvalue weighted by Gasteiger charge is 2.27. The summed E-state index contributed by atoms with van der Waals surface area (Å²) in [4.78, 5) is 24.2. The molecule has 1 amide bonds. The Kier molecular flexibility index (Phi) is 6.06. The molecule has 0 atom stereocenters. The number of hydrogen-bond donors (Lipinski definition) is 0. The van der Waals surface area contributed by atoms with Crippen LogP contribution in [0.3, 0.4) is 0 Å². The first-order valence-corrected chi connectivity index (χ1v) is 13.0. The average Bonchev–Trinajstić information content (AvgIpc) is 3.42. The molecule has 4 aromatic rings. The highest BCUT2D eigenvalue weighted by atomic mass is 32.1. The third-order valence-electron chi connectivity index (χ3n) is 6.52. The topological polar surface area (TPSA) is 60.2 Å². The lowest BCUT2D eigenvalue weighted by atomic mass is 9.93. The van der Waals surface area contributed by atoms with Crippen molar-refractivity contribution in [1.29, 1.82) is 0 Å². The average molecular weight is 477 g/mol. The zero-order valence-electron chi connectivity index (χ0n) is 20.4. The molecule has 0 unspecified atom stereocenters. The molecule has 0 N–H and O–H groups in total. The fourth-order valence-corrected chi connectivity index (χ4v) is 5.69. The van der Waals surface area contributed by atoms with Crippen LogP contribution in [0.15, 0.2) is 41.8 Å². The molecule has 0 saturated carbocycles. The number of aryl methyl sites for hydroxylation is 2. The summed E-state index contributed by atoms with van der Waals surface area (Å²) in [5, 5.41) is 2.11. The molecule has 5 rings (SSSR count). The number of nitrogens with zero attached hydrogens (tertiary/aromatic N) is 4. The number of likely N-dealkylation sites (tertiary alicyclic amines) is 1. The Morgan fingerprint density at radius 2 is 1.85 bits per heavy atom. The number of carbonyl (C=O) groups is 1. The Morgan fingerprint density at radius 1 is 1.12 bits per heavy atom. The minimum absolute atomic E-state index is 0.194. The monoisotopic (exact) mass is 476 g/mol. The SMILES string of the molecule is Cc1nc2ccsc2c2c1nc(-c1ccccc1)n2CCC1CCN(C(=O)OC(C)(C)C)CC1. The maximum Gasteiger partial charge on any atom is 0.410 e. The van der Waals surface area contributed by atoms with Crippen LogP contribution < -0.4 is 0 Å². The van der Waals surface area contributed by atoms with Crippen LogP contribution in [-0.2, 0) is 11.3 Å². The number of amides is 1. The van der Waals surface area contributed by atoms with Gasteiger partial charge in [0.05, 0.1) is 21.4 Å². The molecule has 1 fully saturated rings. The molecule has 3 aromatic heterocycles. The van der Waals surface area contributed by atoms with Gasteiger partial charge >= 0.3 is 6.09 Å². The van der Waals surface area contributed by atoms with Crippen molar-refractivity contribution in [2.24, 2.45) is 5.92 Å². The summed E-state index contributed by atoms with van der Waals surface area (Å²) < 4.78 is 9.16. The van der Waals surface area contributed by atoms with Crippen molar-refractivity contribution in [1.82, 2.24) is 19.4 Å². The van der Waals surface area contributed by atoms with Crippen LogP contribution in [0.5, 0.6) is 0 Å². The molecule has 0 aliphatic carbocycles. The first-order chi connectivity index (χ1) is 16.3. The standard InChI is InChI=1S/C27H32N4O2S/c1-18-22-23(24-21(28-18)13-17-34-24)31(25(29-22)20-8-6-5-7-9-20)16-12-19-10-14-30(15-11-19)26(32)33-27(2,3)4/h5-9,13,17,19H,10-12,14-16H2,1-4H3. The first-order valence-electron chi connectivity index (χ1n) is 12.1. The van der Waals surface area contributed by atoms with Crippen LogP contribution in [0.4, 0.5) is 4.79 Å². The molecule has 1 aliphatic heterocycles. The van der Waals surface area contributed by atoms with E-state index in [0.29, 0.717) is 5.92 Å². The van der Waals surface area contributed by atoms with E-state index in [0.717, 1.165) is 67.0 Å². The zero-order chi connectivity index (χ0) is 23.9. The Bertz CT molecular complexity index is 1310. The lowest BCUT2D eigenvalue weighted by Gasteiger charge is -2.33. The van der Waals surface area contributed by atoms with Gasteiger partial charge in [-0.15, -0.1) is 11.3 Å². The molecule has 0 spiro atoms. The number of ether oxygens (including phenoxy) is 1. The molecule has 6 nitrogen and oxygen atoms in total. The maximum atomic E-state index is 12.4. The van der Waals surface area contributed by atoms with E-state index >= 15 is 0 Å². The number of imidazole rings is 1. The van der Waals surface area contributed by atoms with E-state index in [1.54, 1.807) is 11.3 Å². The number of piperidine rings is 1. The second-order valence-electron chi connectivity index (χ2n) is 10.2. The molecule has 34 heavy (non-hydrogen) atoms. The molecule has 0 bridgehead atoms. The quantitative estimate of drug-likeness (QED) is 0.330. The van der Waals surface area contributed by atoms with Crippen LogP contribution in [0.1, 0.15) is 45.7 Å². The van der Waals surface area contributed by atoms with E-state index < -0.39 is 5.60 Å². The normalized spacial score (nSPS) is 15.4. The molecule has 4 heterocycles. The molecule has 7 heteroatoms. The van der Waals surface area contributed by atoms with Crippen molar-refractivity contribution in [2.45, 2.75) is 59.1 Å². The minimum atomic E-state index is -0.454. The third-order valence-corrected chi connectivity index (χ3v) is 7.43. The zero-order valence-corrected chi connectivity index (χ0v) is 21.2. The number of fused-ring (bicyclic) bond motifs is 3. The Hall–Kier alpha value is -2.93. The number of benzene rings is 1. The van der Waals surface area contributed by atoms with Crippen LogP contribution >= 0.6 is 11.3 Å². The lowest BCUT2D eigenvalue weighted by molar-refractivity contribution is 0.0180. The van der Waals surface area contributed by atoms with Gasteiger partial charge < -0.3 is 14.2 Å². The van der Waals surface area contributed by atoms with Gasteiger partial charge in [0.25, 0.3) is 0 Å². The van der Waals surface area contributed by atoms with Crippen LogP contribution in [0.25, 0.3) is 32.6 Å². The number of hydrogen-bond acceptors (Lipinski definition) is 5. The highest BCUT2D eigenvalue weighted by molar-refractivity contribution is 7.18. The lowest BCUT2D eigenvalue weighted by Crippen LogP contribution is -2.41. The highest BCUT2D eigenvalue weighted by Crippen LogP contribution is 2.35. The minimum Gasteiger partial charge on any atom is -0.444 e. The number of aromatic nitrogens is 3. The van der Waals surface area contributed by atoms with Crippen molar-refractivity contribution >= 4 is 38.7 Å². The predicted octanol–water partition coefficient (Wildman–Crippen LogP) is 6.66. The third kappa shape index (κ3) is 4.53. The number of carbonyl (C=O) groups excluding carboxylic acids is 1. The van der Waals surface area contributed by atoms with Gasteiger partial charge in [-0.25, -0.2) is 14.8 Å². The summed E-state index contributed by atoms with van der Waals surface area (Å²) in [6.07, 6.45) is 2.87. The first kappa shape index (κ1) is 22.8. The summed E-state index contributed by atoms with van der Waals surface area (Å²) in [6.45, 7) is 10.2. The second kappa shape index (κ2) is 9.02. The van der Waals surface area contributed by atoms with Crippen molar-refractivity contribution in [3.8, 4) is 11.4 Å². The molecular weight excluding hydrogens is 444 g/mol. The van der Waals surface area contributed by atoms with Crippen molar-refractivity contribution in [3.05, 3.63) is 47.5 Å². The van der Waals surface area contributed by atoms with E-state index in [1.165, 1.54) is 10.2 Å². The van der Waals surface area contributed by atoms with Gasteiger partial charge in [0, 0.05) is 25.2 Å². The molecule has 178 valence electrons. The smallest absolute Gasteiger partial charge is 0.410 e. The fraction of sp³-hybridized carbons (Fsp3) is 0.444. The summed E-state index contributed by atoms with van der Waals surface area (Å²) in [6, 6.07) is 12.5. The summed E-state index contributed by atoms with van der Waals surface area (Å²) in [5.41, 5.74) is 4.88. The molecule has 0 radical (unpaired) electrons. The maximum absolute atomic E-state index is 12.4. The van der Waals surface area contributed by atoms with Crippen LogP contribution in [0, 0.1) is 12.8 Å².